The summed E-state index contributed by atoms with van der Waals surface area (Å²) in [5.74, 6) is 0. The predicted octanol–water partition coefficient (Wildman–Crippen LogP) is -3.63. The predicted molar refractivity (Wildman–Crippen MR) is 46.0 cm³/mol. The van der Waals surface area contributed by atoms with Gasteiger partial charge in [0.2, 0.25) is 0 Å². The molecule has 1 rings (SSSR count). The van der Waals surface area contributed by atoms with Crippen molar-refractivity contribution in [3.63, 3.8) is 0 Å². The summed E-state index contributed by atoms with van der Waals surface area (Å²) in [6, 6.07) is 0. The van der Waals surface area contributed by atoms with E-state index in [1.165, 1.54) is 0 Å². The summed E-state index contributed by atoms with van der Waals surface area (Å²) < 4.78 is 5.01. The third-order valence-electron chi connectivity index (χ3n) is 0.846. The number of nitrogens with one attached hydrogen (secondary N) is 1. The van der Waals surface area contributed by atoms with Crippen molar-refractivity contribution < 1.29 is 20.3 Å². The van der Waals surface area contributed by atoms with Crippen molar-refractivity contribution in [2.75, 3.05) is 26.3 Å². The van der Waals surface area contributed by atoms with E-state index in [9.17, 15) is 0 Å². The van der Waals surface area contributed by atoms with Gasteiger partial charge in [0, 0.05) is 13.1 Å². The molecule has 0 aliphatic carbocycles. The van der Waals surface area contributed by atoms with Crippen molar-refractivity contribution in [1.29, 1.82) is 0 Å². The van der Waals surface area contributed by atoms with E-state index < -0.39 is 7.69 Å². The van der Waals surface area contributed by atoms with Gasteiger partial charge in [-0.3, -0.25) is 0 Å². The Labute approximate surface area is 89.0 Å². The minimum atomic E-state index is -0.750. The average molecular weight is 175 g/mol. The number of hydrogen-bond donors (Lipinski definition) is 3. The van der Waals surface area contributed by atoms with Gasteiger partial charge in [0.05, 0.1) is 13.2 Å². The number of rotatable bonds is 0. The van der Waals surface area contributed by atoms with E-state index in [1.54, 1.807) is 0 Å². The molecule has 1 fully saturated rings. The molecule has 0 unspecified atom stereocenters. The summed E-state index contributed by atoms with van der Waals surface area (Å²) in [6.45, 7) is 3.83. The Bertz CT molecular complexity index is 45.8. The molecule has 0 bridgehead atoms. The number of morpholine rings is 1. The molecule has 0 radical (unpaired) electrons. The molecule has 64 valence electrons. The zero-order valence-electron chi connectivity index (χ0n) is 5.84. The van der Waals surface area contributed by atoms with Crippen LogP contribution in [0.25, 0.3) is 0 Å². The van der Waals surface area contributed by atoms with Crippen LogP contribution in [0.5, 0.6) is 0 Å². The van der Waals surface area contributed by atoms with Crippen LogP contribution >= 0.6 is 0 Å². The molecule has 0 atom stereocenters. The Morgan fingerprint density at radius 1 is 1.18 bits per heavy atom. The molecule has 1 aliphatic rings. The summed E-state index contributed by atoms with van der Waals surface area (Å²) in [7, 11) is -0.750. The van der Waals surface area contributed by atoms with Crippen molar-refractivity contribution in [1.82, 2.24) is 5.32 Å². The molecule has 5 N–H and O–H groups in total. The van der Waals surface area contributed by atoms with E-state index in [-0.39, 0.29) is 35.0 Å². The molecule has 1 aliphatic heterocycles. The molecule has 0 spiro atoms. The molecule has 5 nitrogen and oxygen atoms in total. The standard InChI is InChI=1S/C4H9NO.BH3O2.Na.H2O.H/c1-3-6-4-2-5-1;2-1-3;;;/h5H,1-4H2;1-3H;;1H2;. The maximum absolute atomic E-state index is 7.12. The fourth-order valence-corrected chi connectivity index (χ4v) is 0.516. The van der Waals surface area contributed by atoms with E-state index in [4.69, 9.17) is 14.8 Å². The fraction of sp³-hybridized carbons (Fsp3) is 1.00. The topological polar surface area (TPSA) is 93.2 Å². The summed E-state index contributed by atoms with van der Waals surface area (Å²) >= 11 is 0. The van der Waals surface area contributed by atoms with Crippen LogP contribution in [0.3, 0.4) is 0 Å². The molecular weight excluding hydrogens is 160 g/mol. The fourth-order valence-electron chi connectivity index (χ4n) is 0.516. The first-order valence-electron chi connectivity index (χ1n) is 2.92. The van der Waals surface area contributed by atoms with Crippen LogP contribution in [0.2, 0.25) is 0 Å². The van der Waals surface area contributed by atoms with Gasteiger partial charge in [-0.1, -0.05) is 0 Å². The molecule has 11 heavy (non-hydrogen) atoms. The summed E-state index contributed by atoms with van der Waals surface area (Å²) in [6.07, 6.45) is 0. The molecule has 0 amide bonds. The average Bonchev–Trinajstić information content (AvgIpc) is 1.93. The van der Waals surface area contributed by atoms with Crippen LogP contribution in [0, 0.1) is 0 Å². The van der Waals surface area contributed by atoms with Gasteiger partial charge in [-0.25, -0.2) is 0 Å². The normalized spacial score (nSPS) is 14.4. The summed E-state index contributed by atoms with van der Waals surface area (Å²) in [4.78, 5) is 0. The first kappa shape index (κ1) is 17.8. The molecule has 1 saturated heterocycles. The Kier molecular flexibility index (Phi) is 27.7. The molecule has 0 saturated carbocycles. The SMILES string of the molecule is C1COCCN1.O.OBO.[NaH]. The molecule has 0 aromatic heterocycles. The van der Waals surface area contributed by atoms with E-state index in [2.05, 4.69) is 5.32 Å². The van der Waals surface area contributed by atoms with E-state index >= 15 is 0 Å². The third kappa shape index (κ3) is 18.1. The van der Waals surface area contributed by atoms with Crippen LogP contribution < -0.4 is 5.32 Å². The van der Waals surface area contributed by atoms with Crippen molar-refractivity contribution in [3.8, 4) is 0 Å². The number of hydrogen-bond acceptors (Lipinski definition) is 4. The van der Waals surface area contributed by atoms with Crippen molar-refractivity contribution in [3.05, 3.63) is 0 Å². The second kappa shape index (κ2) is 17.1. The zero-order valence-corrected chi connectivity index (χ0v) is 5.84. The van der Waals surface area contributed by atoms with Crippen molar-refractivity contribution in [2.45, 2.75) is 0 Å². The second-order valence-electron chi connectivity index (χ2n) is 1.50. The molecule has 7 heteroatoms. The zero-order chi connectivity index (χ0) is 6.95. The van der Waals surface area contributed by atoms with E-state index in [0.29, 0.717) is 0 Å². The van der Waals surface area contributed by atoms with Crippen LogP contribution in [0.1, 0.15) is 0 Å². The van der Waals surface area contributed by atoms with E-state index in [0.717, 1.165) is 26.3 Å². The van der Waals surface area contributed by atoms with Crippen molar-refractivity contribution in [2.24, 2.45) is 0 Å². The Balaban J connectivity index is -0.000000116. The monoisotopic (exact) mass is 175 g/mol. The first-order chi connectivity index (χ1) is 4.41. The third-order valence-corrected chi connectivity index (χ3v) is 0.846. The van der Waals surface area contributed by atoms with Gasteiger partial charge in [0.15, 0.2) is 0 Å². The van der Waals surface area contributed by atoms with Crippen LogP contribution in [0.15, 0.2) is 0 Å². The van der Waals surface area contributed by atoms with Gasteiger partial charge >= 0.3 is 37.2 Å². The van der Waals surface area contributed by atoms with Gasteiger partial charge in [-0.05, 0) is 0 Å². The minimum absolute atomic E-state index is 0. The quantitative estimate of drug-likeness (QED) is 0.331. The van der Waals surface area contributed by atoms with Crippen molar-refractivity contribution >= 4 is 37.2 Å². The molecule has 1 heterocycles. The van der Waals surface area contributed by atoms with Crippen LogP contribution in [-0.2, 0) is 4.74 Å². The van der Waals surface area contributed by atoms with Gasteiger partial charge in [0.25, 0.3) is 0 Å². The molecule has 0 aromatic carbocycles. The van der Waals surface area contributed by atoms with Crippen LogP contribution in [0.4, 0.5) is 0 Å². The number of ether oxygens (including phenoxy) is 1. The maximum atomic E-state index is 7.12. The molecule has 0 aromatic rings. The second-order valence-corrected chi connectivity index (χ2v) is 1.50. The Morgan fingerprint density at radius 2 is 1.55 bits per heavy atom. The van der Waals surface area contributed by atoms with Crippen LogP contribution in [-0.4, -0.2) is 79.1 Å². The Morgan fingerprint density at radius 3 is 1.64 bits per heavy atom. The Hall–Kier alpha value is 0.865. The van der Waals surface area contributed by atoms with E-state index in [1.807, 2.05) is 0 Å². The van der Waals surface area contributed by atoms with Gasteiger partial charge in [0.1, 0.15) is 0 Å². The molecular formula is C4H15BNNaO4. The van der Waals surface area contributed by atoms with Gasteiger partial charge in [-0.2, -0.15) is 0 Å². The first-order valence-corrected chi connectivity index (χ1v) is 2.92. The summed E-state index contributed by atoms with van der Waals surface area (Å²) in [5.41, 5.74) is 0. The van der Waals surface area contributed by atoms with Gasteiger partial charge in [-0.15, -0.1) is 0 Å². The summed E-state index contributed by atoms with van der Waals surface area (Å²) in [5, 5.41) is 17.4. The van der Waals surface area contributed by atoms with Gasteiger partial charge < -0.3 is 25.6 Å².